The van der Waals surface area contributed by atoms with Crippen LogP contribution in [-0.2, 0) is 6.67 Å². The van der Waals surface area contributed by atoms with Crippen LogP contribution in [0.4, 0.5) is 15.8 Å². The van der Waals surface area contributed by atoms with Crippen LogP contribution in [0.1, 0.15) is 5.56 Å². The maximum absolute atomic E-state index is 12.7. The number of nitro groups is 1. The highest BCUT2D eigenvalue weighted by molar-refractivity contribution is 5.59. The van der Waals surface area contributed by atoms with Gasteiger partial charge in [0.25, 0.3) is 5.69 Å². The number of hydrogen-bond donors (Lipinski definition) is 1. The molecule has 1 aromatic carbocycles. The molecule has 0 aromatic heterocycles. The zero-order valence-corrected chi connectivity index (χ0v) is 8.47. The number of non-ortho nitro benzene ring substituents is 1. The third-order valence-electron chi connectivity index (χ3n) is 2.62. The number of hydrogen-bond acceptors (Lipinski definition) is 4. The molecule has 1 aliphatic heterocycles. The van der Waals surface area contributed by atoms with E-state index in [1.807, 2.05) is 0 Å². The van der Waals surface area contributed by atoms with Crippen LogP contribution in [0, 0.1) is 10.1 Å². The number of benzene rings is 1. The van der Waals surface area contributed by atoms with E-state index in [0.29, 0.717) is 24.3 Å². The Morgan fingerprint density at radius 1 is 1.56 bits per heavy atom. The zero-order valence-electron chi connectivity index (χ0n) is 8.47. The smallest absolute Gasteiger partial charge is 0.269 e. The van der Waals surface area contributed by atoms with E-state index in [1.54, 1.807) is 4.90 Å². The van der Waals surface area contributed by atoms with Crippen molar-refractivity contribution < 1.29 is 14.4 Å². The first-order valence-electron chi connectivity index (χ1n) is 4.88. The summed E-state index contributed by atoms with van der Waals surface area (Å²) in [5, 5.41) is 19.7. The first-order chi connectivity index (χ1) is 7.61. The summed E-state index contributed by atoms with van der Waals surface area (Å²) in [6, 6.07) is 4.11. The van der Waals surface area contributed by atoms with Crippen molar-refractivity contribution in [2.75, 3.05) is 18.0 Å². The zero-order chi connectivity index (χ0) is 11.7. The highest BCUT2D eigenvalue weighted by Gasteiger charge is 2.27. The van der Waals surface area contributed by atoms with Crippen molar-refractivity contribution in [3.05, 3.63) is 33.9 Å². The van der Waals surface area contributed by atoms with E-state index < -0.39 is 11.6 Å². The summed E-state index contributed by atoms with van der Waals surface area (Å²) in [6.45, 7) is 0.152. The van der Waals surface area contributed by atoms with E-state index in [1.165, 1.54) is 18.2 Å². The van der Waals surface area contributed by atoms with Gasteiger partial charge in [0.2, 0.25) is 0 Å². The van der Waals surface area contributed by atoms with Crippen molar-refractivity contribution in [3.8, 4) is 0 Å². The number of halogens is 1. The van der Waals surface area contributed by atoms with E-state index in [9.17, 15) is 14.5 Å². The Morgan fingerprint density at radius 3 is 2.75 bits per heavy atom. The van der Waals surface area contributed by atoms with Gasteiger partial charge in [0.15, 0.2) is 0 Å². The second-order valence-electron chi connectivity index (χ2n) is 3.76. The predicted octanol–water partition coefficient (Wildman–Crippen LogP) is 1.25. The molecule has 0 radical (unpaired) electrons. The fourth-order valence-corrected chi connectivity index (χ4v) is 1.75. The average molecular weight is 226 g/mol. The SMILES string of the molecule is O=[N+]([O-])c1ccc(N2CC(O)C2)c(CF)c1. The van der Waals surface area contributed by atoms with E-state index >= 15 is 0 Å². The second kappa shape index (κ2) is 4.05. The fourth-order valence-electron chi connectivity index (χ4n) is 1.75. The topological polar surface area (TPSA) is 66.6 Å². The molecule has 1 fully saturated rings. The molecule has 86 valence electrons. The van der Waals surface area contributed by atoms with E-state index in [4.69, 9.17) is 5.11 Å². The van der Waals surface area contributed by atoms with E-state index in [0.717, 1.165) is 0 Å². The van der Waals surface area contributed by atoms with Crippen molar-refractivity contribution in [1.29, 1.82) is 0 Å². The van der Waals surface area contributed by atoms with Crippen molar-refractivity contribution in [2.45, 2.75) is 12.8 Å². The van der Waals surface area contributed by atoms with Gasteiger partial charge in [0.1, 0.15) is 6.67 Å². The quantitative estimate of drug-likeness (QED) is 0.622. The van der Waals surface area contributed by atoms with Crippen LogP contribution in [0.15, 0.2) is 18.2 Å². The maximum Gasteiger partial charge on any atom is 0.269 e. The lowest BCUT2D eigenvalue weighted by Crippen LogP contribution is -2.51. The minimum Gasteiger partial charge on any atom is -0.389 e. The molecule has 16 heavy (non-hydrogen) atoms. The van der Waals surface area contributed by atoms with Crippen molar-refractivity contribution >= 4 is 11.4 Å². The molecule has 1 aliphatic rings. The number of rotatable bonds is 3. The summed E-state index contributed by atoms with van der Waals surface area (Å²) >= 11 is 0. The van der Waals surface area contributed by atoms with Gasteiger partial charge in [-0.15, -0.1) is 0 Å². The number of nitro benzene ring substituents is 1. The number of alkyl halides is 1. The molecule has 1 N–H and O–H groups in total. The number of nitrogens with zero attached hydrogens (tertiary/aromatic N) is 2. The third-order valence-corrected chi connectivity index (χ3v) is 2.62. The Bertz CT molecular complexity index is 419. The minimum atomic E-state index is -0.746. The Hall–Kier alpha value is -1.69. The summed E-state index contributed by atoms with van der Waals surface area (Å²) in [5.41, 5.74) is 0.803. The van der Waals surface area contributed by atoms with E-state index in [-0.39, 0.29) is 11.8 Å². The van der Waals surface area contributed by atoms with Gasteiger partial charge < -0.3 is 10.0 Å². The Kier molecular flexibility index (Phi) is 2.74. The molecule has 0 unspecified atom stereocenters. The first kappa shape index (κ1) is 10.8. The summed E-state index contributed by atoms with van der Waals surface area (Å²) in [7, 11) is 0. The van der Waals surface area contributed by atoms with Gasteiger partial charge in [-0.05, 0) is 6.07 Å². The van der Waals surface area contributed by atoms with Crippen molar-refractivity contribution in [1.82, 2.24) is 0 Å². The summed E-state index contributed by atoms with van der Waals surface area (Å²) in [4.78, 5) is 11.8. The van der Waals surface area contributed by atoms with E-state index in [2.05, 4.69) is 0 Å². The maximum atomic E-state index is 12.7. The van der Waals surface area contributed by atoms with Crippen LogP contribution in [-0.4, -0.2) is 29.2 Å². The fraction of sp³-hybridized carbons (Fsp3) is 0.400. The summed E-state index contributed by atoms with van der Waals surface area (Å²) in [5.74, 6) is 0. The number of aliphatic hydroxyl groups excluding tert-OH is 1. The van der Waals surface area contributed by atoms with Crippen LogP contribution in [0.2, 0.25) is 0 Å². The second-order valence-corrected chi connectivity index (χ2v) is 3.76. The lowest BCUT2D eigenvalue weighted by Gasteiger charge is -2.38. The van der Waals surface area contributed by atoms with Crippen molar-refractivity contribution in [3.63, 3.8) is 0 Å². The van der Waals surface area contributed by atoms with Gasteiger partial charge in [-0.1, -0.05) is 0 Å². The average Bonchev–Trinajstić information content (AvgIpc) is 2.24. The molecule has 1 heterocycles. The molecule has 0 saturated carbocycles. The predicted molar refractivity (Wildman–Crippen MR) is 56.1 cm³/mol. The molecule has 0 aliphatic carbocycles. The lowest BCUT2D eigenvalue weighted by molar-refractivity contribution is -0.384. The minimum absolute atomic E-state index is 0.113. The molecule has 0 bridgehead atoms. The monoisotopic (exact) mass is 226 g/mol. The van der Waals surface area contributed by atoms with Crippen molar-refractivity contribution in [2.24, 2.45) is 0 Å². The molecule has 1 aromatic rings. The highest BCUT2D eigenvalue weighted by Crippen LogP contribution is 2.29. The van der Waals surface area contributed by atoms with Gasteiger partial charge in [0.05, 0.1) is 11.0 Å². The largest absolute Gasteiger partial charge is 0.389 e. The van der Waals surface area contributed by atoms with Gasteiger partial charge >= 0.3 is 0 Å². The molecule has 0 spiro atoms. The van der Waals surface area contributed by atoms with Crippen LogP contribution < -0.4 is 4.90 Å². The van der Waals surface area contributed by atoms with Crippen LogP contribution >= 0.6 is 0 Å². The third kappa shape index (κ3) is 1.83. The molecule has 0 atom stereocenters. The molecule has 1 saturated heterocycles. The lowest BCUT2D eigenvalue weighted by atomic mass is 10.1. The first-order valence-corrected chi connectivity index (χ1v) is 4.88. The summed E-state index contributed by atoms with van der Waals surface area (Å²) in [6.07, 6.45) is -0.386. The molecular weight excluding hydrogens is 215 g/mol. The molecule has 2 rings (SSSR count). The number of aliphatic hydroxyl groups is 1. The Balaban J connectivity index is 2.28. The number of β-amino-alcohol motifs (C(OH)–C–C–N with tert-alkyl or cyclic N) is 1. The van der Waals surface area contributed by atoms with Gasteiger partial charge in [0, 0.05) is 36.5 Å². The van der Waals surface area contributed by atoms with Crippen LogP contribution in [0.5, 0.6) is 0 Å². The molecule has 0 amide bonds. The molecular formula is C10H11FN2O3. The standard InChI is InChI=1S/C10H11FN2O3/c11-4-7-3-8(13(15)16)1-2-10(7)12-5-9(14)6-12/h1-3,9,14H,4-6H2. The Morgan fingerprint density at radius 2 is 2.25 bits per heavy atom. The summed E-state index contributed by atoms with van der Waals surface area (Å²) < 4.78 is 12.7. The Labute approximate surface area is 91.3 Å². The normalized spacial score (nSPS) is 16.0. The van der Waals surface area contributed by atoms with Crippen LogP contribution in [0.25, 0.3) is 0 Å². The highest BCUT2D eigenvalue weighted by atomic mass is 19.1. The number of anilines is 1. The van der Waals surface area contributed by atoms with Gasteiger partial charge in [-0.25, -0.2) is 4.39 Å². The van der Waals surface area contributed by atoms with Crippen LogP contribution in [0.3, 0.4) is 0 Å². The molecule has 5 nitrogen and oxygen atoms in total. The van der Waals surface area contributed by atoms with Gasteiger partial charge in [-0.2, -0.15) is 0 Å². The van der Waals surface area contributed by atoms with Gasteiger partial charge in [-0.3, -0.25) is 10.1 Å². The molecule has 6 heteroatoms.